The Hall–Kier alpha value is -5.34. The SMILES string of the molecule is CC(C)(CCNC(=N)N(C(=O)c1ccc(-c2cnn(C3CC3)n2)cc1)[C@H](COC(=O)NCC(F)(F)F)c1ccc(Cl)c(-c2ncnn2C(F)F)c1)C(F)(F)F. The second-order valence-electron chi connectivity index (χ2n) is 13.1. The molecule has 13 nitrogen and oxygen atoms in total. The summed E-state index contributed by atoms with van der Waals surface area (Å²) in [5, 5.41) is 24.9. The van der Waals surface area contributed by atoms with Crippen LogP contribution in [0.25, 0.3) is 22.6 Å². The van der Waals surface area contributed by atoms with E-state index in [0.29, 0.717) is 16.2 Å². The first-order valence-corrected chi connectivity index (χ1v) is 16.8. The first-order chi connectivity index (χ1) is 25.8. The molecule has 0 bridgehead atoms. The van der Waals surface area contributed by atoms with Crippen LogP contribution in [-0.2, 0) is 4.74 Å². The van der Waals surface area contributed by atoms with Crippen molar-refractivity contribution in [3.05, 3.63) is 71.1 Å². The Bertz CT molecular complexity index is 2000. The highest BCUT2D eigenvalue weighted by Crippen LogP contribution is 2.40. The Kier molecular flexibility index (Phi) is 12.0. The highest BCUT2D eigenvalue weighted by atomic mass is 35.5. The molecule has 22 heteroatoms. The van der Waals surface area contributed by atoms with Crippen molar-refractivity contribution in [3.8, 4) is 22.6 Å². The molecule has 2 amide bonds. The summed E-state index contributed by atoms with van der Waals surface area (Å²) < 4.78 is 112. The van der Waals surface area contributed by atoms with Crippen molar-refractivity contribution in [2.75, 3.05) is 19.7 Å². The van der Waals surface area contributed by atoms with Gasteiger partial charge in [0.05, 0.1) is 28.7 Å². The second-order valence-corrected chi connectivity index (χ2v) is 13.5. The average molecular weight is 805 g/mol. The van der Waals surface area contributed by atoms with Gasteiger partial charge < -0.3 is 15.4 Å². The number of guanidine groups is 1. The molecule has 1 aliphatic carbocycles. The largest absolute Gasteiger partial charge is 0.447 e. The molecule has 5 rings (SSSR count). The van der Waals surface area contributed by atoms with Crippen LogP contribution in [0.5, 0.6) is 0 Å². The van der Waals surface area contributed by atoms with Gasteiger partial charge in [-0.25, -0.2) is 9.78 Å². The fourth-order valence-corrected chi connectivity index (χ4v) is 5.34. The number of carbonyl (C=O) groups excluding carboxylic acids is 2. The van der Waals surface area contributed by atoms with Gasteiger partial charge in [0.25, 0.3) is 5.91 Å². The number of hydrogen-bond acceptors (Lipinski definition) is 8. The van der Waals surface area contributed by atoms with Crippen LogP contribution >= 0.6 is 11.6 Å². The summed E-state index contributed by atoms with van der Waals surface area (Å²) in [4.78, 5) is 32.9. The number of benzene rings is 2. The molecule has 4 aromatic rings. The first kappa shape index (κ1) is 40.8. The van der Waals surface area contributed by atoms with Crippen molar-refractivity contribution in [1.82, 2.24) is 45.3 Å². The molecular weight excluding hydrogens is 772 g/mol. The van der Waals surface area contributed by atoms with Gasteiger partial charge in [-0.1, -0.05) is 43.6 Å². The molecule has 1 atom stereocenters. The maximum atomic E-state index is 14.4. The molecule has 2 heterocycles. The molecule has 55 heavy (non-hydrogen) atoms. The van der Waals surface area contributed by atoms with Crippen LogP contribution in [-0.4, -0.2) is 84.7 Å². The Morgan fingerprint density at radius 3 is 2.35 bits per heavy atom. The maximum absolute atomic E-state index is 14.4. The normalized spacial score (nSPS) is 14.1. The van der Waals surface area contributed by atoms with E-state index in [1.807, 2.05) is 0 Å². The fraction of sp³-hybridized carbons (Fsp3) is 0.424. The fourth-order valence-electron chi connectivity index (χ4n) is 5.14. The molecule has 0 spiro atoms. The topological polar surface area (TPSA) is 156 Å². The Balaban J connectivity index is 1.54. The third kappa shape index (κ3) is 10.1. The van der Waals surface area contributed by atoms with Gasteiger partial charge in [0, 0.05) is 23.2 Å². The number of halogens is 9. The Morgan fingerprint density at radius 2 is 1.73 bits per heavy atom. The zero-order valence-electron chi connectivity index (χ0n) is 28.9. The first-order valence-electron chi connectivity index (χ1n) is 16.5. The minimum absolute atomic E-state index is 0.0596. The van der Waals surface area contributed by atoms with Crippen molar-refractivity contribution in [3.63, 3.8) is 0 Å². The maximum Gasteiger partial charge on any atom is 0.407 e. The molecule has 296 valence electrons. The lowest BCUT2D eigenvalue weighted by atomic mass is 9.88. The number of aromatic nitrogens is 6. The van der Waals surface area contributed by atoms with Gasteiger partial charge in [-0.15, -0.1) is 0 Å². The third-order valence-electron chi connectivity index (χ3n) is 8.57. The zero-order chi connectivity index (χ0) is 40.3. The van der Waals surface area contributed by atoms with E-state index in [-0.39, 0.29) is 32.4 Å². The van der Waals surface area contributed by atoms with Gasteiger partial charge in [-0.2, -0.15) is 59.9 Å². The predicted octanol–water partition coefficient (Wildman–Crippen LogP) is 7.56. The molecular formula is C33H33ClF8N10O3. The number of carbonyl (C=O) groups is 2. The van der Waals surface area contributed by atoms with Crippen LogP contribution in [0.3, 0.4) is 0 Å². The van der Waals surface area contributed by atoms with E-state index in [9.17, 15) is 44.7 Å². The van der Waals surface area contributed by atoms with Gasteiger partial charge in [-0.05, 0) is 49.1 Å². The molecule has 1 fully saturated rings. The van der Waals surface area contributed by atoms with E-state index in [1.165, 1.54) is 54.0 Å². The minimum atomic E-state index is -4.82. The van der Waals surface area contributed by atoms with Crippen molar-refractivity contribution >= 4 is 29.6 Å². The van der Waals surface area contributed by atoms with E-state index >= 15 is 0 Å². The van der Waals surface area contributed by atoms with Crippen LogP contribution in [0.4, 0.5) is 39.9 Å². The van der Waals surface area contributed by atoms with Crippen LogP contribution in [0, 0.1) is 10.8 Å². The number of hydrogen-bond donors (Lipinski definition) is 3. The van der Waals surface area contributed by atoms with Gasteiger partial charge in [0.1, 0.15) is 25.2 Å². The number of amides is 2. The summed E-state index contributed by atoms with van der Waals surface area (Å²) in [6.07, 6.45) is -7.36. The molecule has 3 N–H and O–H groups in total. The monoisotopic (exact) mass is 804 g/mol. The summed E-state index contributed by atoms with van der Waals surface area (Å²) in [5.41, 5.74) is -1.48. The Labute approximate surface area is 312 Å². The summed E-state index contributed by atoms with van der Waals surface area (Å²) in [5.74, 6) is -2.20. The van der Waals surface area contributed by atoms with Gasteiger partial charge in [-0.3, -0.25) is 15.1 Å². The Morgan fingerprint density at radius 1 is 1.04 bits per heavy atom. The highest BCUT2D eigenvalue weighted by molar-refractivity contribution is 6.33. The quantitative estimate of drug-likeness (QED) is 0.0711. The summed E-state index contributed by atoms with van der Waals surface area (Å²) in [7, 11) is 0. The lowest BCUT2D eigenvalue weighted by Crippen LogP contribution is -2.49. The van der Waals surface area contributed by atoms with E-state index < -0.39 is 80.3 Å². The molecule has 2 aromatic heterocycles. The number of alkyl carbamates (subject to hydrolysis) is 1. The molecule has 0 radical (unpaired) electrons. The van der Waals surface area contributed by atoms with Gasteiger partial charge >= 0.3 is 25.0 Å². The number of alkyl halides is 8. The van der Waals surface area contributed by atoms with Crippen LogP contribution < -0.4 is 10.6 Å². The van der Waals surface area contributed by atoms with Gasteiger partial charge in [0.2, 0.25) is 0 Å². The van der Waals surface area contributed by atoms with Crippen molar-refractivity contribution in [2.24, 2.45) is 5.41 Å². The predicted molar refractivity (Wildman–Crippen MR) is 180 cm³/mol. The van der Waals surface area contributed by atoms with Crippen molar-refractivity contribution in [1.29, 1.82) is 5.41 Å². The number of nitrogens with one attached hydrogen (secondary N) is 3. The molecule has 2 aromatic carbocycles. The van der Waals surface area contributed by atoms with E-state index in [1.54, 1.807) is 4.80 Å². The third-order valence-corrected chi connectivity index (χ3v) is 8.90. The average Bonchev–Trinajstić information content (AvgIpc) is 3.62. The zero-order valence-corrected chi connectivity index (χ0v) is 29.7. The lowest BCUT2D eigenvalue weighted by molar-refractivity contribution is -0.213. The lowest BCUT2D eigenvalue weighted by Gasteiger charge is -2.33. The molecule has 1 saturated carbocycles. The van der Waals surface area contributed by atoms with Crippen molar-refractivity contribution in [2.45, 2.75) is 64.1 Å². The summed E-state index contributed by atoms with van der Waals surface area (Å²) in [6, 6.07) is 8.01. The molecule has 1 aliphatic rings. The van der Waals surface area contributed by atoms with Crippen LogP contribution in [0.2, 0.25) is 5.02 Å². The van der Waals surface area contributed by atoms with E-state index in [4.69, 9.17) is 21.7 Å². The smallest absolute Gasteiger partial charge is 0.407 e. The second kappa shape index (κ2) is 16.2. The van der Waals surface area contributed by atoms with Crippen molar-refractivity contribution < 1.29 is 49.4 Å². The molecule has 0 aliphatic heterocycles. The minimum Gasteiger partial charge on any atom is -0.447 e. The number of nitrogens with zero attached hydrogens (tertiary/aromatic N) is 7. The number of ether oxygens (including phenoxy) is 1. The summed E-state index contributed by atoms with van der Waals surface area (Å²) in [6.45, 7) is -4.51. The molecule has 0 saturated heterocycles. The highest BCUT2D eigenvalue weighted by Gasteiger charge is 2.46. The van der Waals surface area contributed by atoms with Crippen LogP contribution in [0.1, 0.15) is 67.7 Å². The summed E-state index contributed by atoms with van der Waals surface area (Å²) >= 11 is 6.35. The molecule has 0 unspecified atom stereocenters. The standard InChI is InChI=1S/C33H33ClF8N10O3/c1-31(2,33(40,41)42)11-12-44-29(43)50(27(53)19-5-3-18(4-6-19)24-14-47-52(49-24)21-8-9-21)25(15-55-30(54)45-16-32(37,38)39)20-7-10-23(34)22(13-20)26-46-17-48-51(26)28(35)36/h3-7,10,13-14,17,21,25,28H,8-9,11-12,15-16H2,1-2H3,(H2,43,44)(H,45,54)/t25-/m1/s1. The van der Waals surface area contributed by atoms with Crippen LogP contribution in [0.15, 0.2) is 55.0 Å². The van der Waals surface area contributed by atoms with E-state index in [0.717, 1.165) is 33.0 Å². The van der Waals surface area contributed by atoms with Gasteiger partial charge in [0.15, 0.2) is 11.8 Å². The van der Waals surface area contributed by atoms with E-state index in [2.05, 4.69) is 25.6 Å². The number of rotatable bonds is 13.